The number of hydrogen-bond acceptors (Lipinski definition) is 10. The number of aliphatic carboxylic acids is 2. The van der Waals surface area contributed by atoms with Gasteiger partial charge in [0.2, 0.25) is 0 Å². The van der Waals surface area contributed by atoms with Crippen LogP contribution in [0.4, 0.5) is 0 Å². The number of methoxy groups -OCH3 is 2. The molecule has 3 N–H and O–H groups in total. The maximum Gasteiger partial charge on any atom is 0.328 e. The topological polar surface area (TPSA) is 188 Å². The summed E-state index contributed by atoms with van der Waals surface area (Å²) in [6, 6.07) is 24.2. The molecule has 0 aliphatic carbocycles. The fourth-order valence-electron chi connectivity index (χ4n) is 3.85. The van der Waals surface area contributed by atoms with Crippen molar-refractivity contribution >= 4 is 41.4 Å². The van der Waals surface area contributed by atoms with Crippen LogP contribution in [0.25, 0.3) is 0 Å². The SMILES string of the molecule is CNCc1cccc(Oc2cc(Cl)ccc2C#N)c1OC.COc1c(C=O)cccc1Oc1cc(Cl)ccc1C#N.O=C(O)/C=C/C(=O)O. The summed E-state index contributed by atoms with van der Waals surface area (Å²) in [6.07, 6.45) is 1.79. The van der Waals surface area contributed by atoms with E-state index >= 15 is 0 Å². The number of nitriles is 2. The van der Waals surface area contributed by atoms with E-state index in [1.165, 1.54) is 13.2 Å². The van der Waals surface area contributed by atoms with Crippen LogP contribution in [0.15, 0.2) is 84.9 Å². The van der Waals surface area contributed by atoms with Gasteiger partial charge in [-0.25, -0.2) is 9.59 Å². The zero-order valence-electron chi connectivity index (χ0n) is 26.3. The first-order chi connectivity index (χ1) is 23.5. The van der Waals surface area contributed by atoms with Crippen molar-refractivity contribution in [1.29, 1.82) is 10.5 Å². The number of aldehydes is 1. The molecule has 0 saturated carbocycles. The smallest absolute Gasteiger partial charge is 0.328 e. The van der Waals surface area contributed by atoms with Crippen molar-refractivity contribution in [3.8, 4) is 46.6 Å². The lowest BCUT2D eigenvalue weighted by Crippen LogP contribution is -2.07. The van der Waals surface area contributed by atoms with Crippen LogP contribution >= 0.6 is 23.2 Å². The van der Waals surface area contributed by atoms with Crippen LogP contribution in [-0.4, -0.2) is 49.7 Å². The molecule has 12 nitrogen and oxygen atoms in total. The molecule has 0 aliphatic rings. The number of halogens is 2. The summed E-state index contributed by atoms with van der Waals surface area (Å²) in [6.45, 7) is 0.654. The normalized spacial score (nSPS) is 9.78. The largest absolute Gasteiger partial charge is 0.492 e. The molecule has 0 saturated heterocycles. The van der Waals surface area contributed by atoms with Crippen LogP contribution in [0.5, 0.6) is 34.5 Å². The van der Waals surface area contributed by atoms with Crippen LogP contribution in [-0.2, 0) is 16.1 Å². The highest BCUT2D eigenvalue weighted by atomic mass is 35.5. The molecular weight excluding hydrogens is 677 g/mol. The number of benzene rings is 4. The summed E-state index contributed by atoms with van der Waals surface area (Å²) in [4.78, 5) is 30.1. The van der Waals surface area contributed by atoms with E-state index in [1.807, 2.05) is 25.2 Å². The summed E-state index contributed by atoms with van der Waals surface area (Å²) in [5.41, 5.74) is 2.09. The number of hydrogen-bond donors (Lipinski definition) is 3. The number of carboxylic acids is 2. The average molecular weight is 707 g/mol. The number of rotatable bonds is 11. The van der Waals surface area contributed by atoms with E-state index in [2.05, 4.69) is 11.4 Å². The molecule has 0 fully saturated rings. The third kappa shape index (κ3) is 12.2. The molecule has 0 spiro atoms. The predicted molar refractivity (Wildman–Crippen MR) is 181 cm³/mol. The van der Waals surface area contributed by atoms with Gasteiger partial charge in [0.1, 0.15) is 23.6 Å². The van der Waals surface area contributed by atoms with Crippen molar-refractivity contribution in [2.75, 3.05) is 21.3 Å². The molecule has 252 valence electrons. The molecule has 0 amide bonds. The standard InChI is InChI=1S/C16H15ClN2O2.C15H10ClNO3.C4H4O4/c1-19-10-12-4-3-5-14(16(12)20-2)21-15-8-13(17)7-6-11(15)9-18;1-19-15-11(9-18)3-2-4-13(15)20-14-7-12(16)6-5-10(14)8-17;5-3(6)1-2-4(7)8/h3-8,19H,10H2,1-2H3;2-7,9H,1H3;1-2H,(H,5,6)(H,7,8)/b;;2-1+. The van der Waals surface area contributed by atoms with E-state index in [4.69, 9.17) is 62.9 Å². The van der Waals surface area contributed by atoms with Gasteiger partial charge in [0, 0.05) is 46.4 Å². The second kappa shape index (κ2) is 20.2. The third-order valence-electron chi connectivity index (χ3n) is 5.91. The summed E-state index contributed by atoms with van der Waals surface area (Å²) in [5, 5.41) is 37.8. The third-order valence-corrected chi connectivity index (χ3v) is 6.38. The van der Waals surface area contributed by atoms with Crippen LogP contribution in [0.1, 0.15) is 27.0 Å². The Morgan fingerprint density at radius 3 is 1.63 bits per heavy atom. The average Bonchev–Trinajstić information content (AvgIpc) is 3.08. The lowest BCUT2D eigenvalue weighted by atomic mass is 10.1. The number of carbonyl (C=O) groups excluding carboxylic acids is 1. The minimum Gasteiger partial charge on any atom is -0.492 e. The lowest BCUT2D eigenvalue weighted by Gasteiger charge is -2.14. The van der Waals surface area contributed by atoms with E-state index in [0.717, 1.165) is 5.56 Å². The maximum absolute atomic E-state index is 11.0. The Bertz CT molecular complexity index is 1880. The molecule has 0 heterocycles. The van der Waals surface area contributed by atoms with Crippen LogP contribution in [0.2, 0.25) is 10.0 Å². The van der Waals surface area contributed by atoms with Crippen molar-refractivity contribution in [2.45, 2.75) is 6.54 Å². The predicted octanol–water partition coefficient (Wildman–Crippen LogP) is 7.27. The van der Waals surface area contributed by atoms with Crippen molar-refractivity contribution in [2.24, 2.45) is 0 Å². The van der Waals surface area contributed by atoms with Gasteiger partial charge in [0.05, 0.1) is 30.9 Å². The summed E-state index contributed by atoms with van der Waals surface area (Å²) in [7, 11) is 4.89. The zero-order valence-corrected chi connectivity index (χ0v) is 27.8. The van der Waals surface area contributed by atoms with E-state index in [-0.39, 0.29) is 0 Å². The molecule has 0 atom stereocenters. The Hall–Kier alpha value is -6.05. The second-order valence-corrected chi connectivity index (χ2v) is 10.1. The lowest BCUT2D eigenvalue weighted by molar-refractivity contribution is -0.134. The Balaban J connectivity index is 0.000000280. The monoisotopic (exact) mass is 705 g/mol. The Kier molecular flexibility index (Phi) is 16.2. The molecule has 0 unspecified atom stereocenters. The first-order valence-electron chi connectivity index (χ1n) is 13.8. The van der Waals surface area contributed by atoms with Gasteiger partial charge in [0.25, 0.3) is 0 Å². The van der Waals surface area contributed by atoms with Crippen molar-refractivity contribution < 1.29 is 43.5 Å². The summed E-state index contributed by atoms with van der Waals surface area (Å²) in [5.74, 6) is 0.0352. The van der Waals surface area contributed by atoms with Gasteiger partial charge < -0.3 is 34.5 Å². The summed E-state index contributed by atoms with van der Waals surface area (Å²) >= 11 is 11.9. The number of nitrogens with one attached hydrogen (secondary N) is 1. The Labute approximate surface area is 291 Å². The summed E-state index contributed by atoms with van der Waals surface area (Å²) < 4.78 is 22.1. The minimum absolute atomic E-state index is 0.307. The number of nitrogens with zero attached hydrogens (tertiary/aromatic N) is 2. The van der Waals surface area contributed by atoms with E-state index in [1.54, 1.807) is 61.7 Å². The van der Waals surface area contributed by atoms with Crippen molar-refractivity contribution in [3.05, 3.63) is 117 Å². The van der Waals surface area contributed by atoms with Crippen LogP contribution in [0.3, 0.4) is 0 Å². The van der Waals surface area contributed by atoms with Gasteiger partial charge in [-0.05, 0) is 49.5 Å². The van der Waals surface area contributed by atoms with E-state index in [9.17, 15) is 14.4 Å². The Morgan fingerprint density at radius 1 is 0.755 bits per heavy atom. The molecule has 4 rings (SSSR count). The number of ether oxygens (including phenoxy) is 4. The molecule has 0 bridgehead atoms. The van der Waals surface area contributed by atoms with Gasteiger partial charge in [-0.1, -0.05) is 41.4 Å². The zero-order chi connectivity index (χ0) is 36.3. The first-order valence-corrected chi connectivity index (χ1v) is 14.6. The molecule has 0 aromatic heterocycles. The molecule has 0 radical (unpaired) electrons. The fraction of sp³-hybridized carbons (Fsp3) is 0.114. The van der Waals surface area contributed by atoms with Crippen LogP contribution < -0.4 is 24.3 Å². The van der Waals surface area contributed by atoms with Crippen molar-refractivity contribution in [1.82, 2.24) is 5.32 Å². The Morgan fingerprint density at radius 2 is 1.22 bits per heavy atom. The van der Waals surface area contributed by atoms with Gasteiger partial charge in [0.15, 0.2) is 29.3 Å². The molecule has 4 aromatic rings. The van der Waals surface area contributed by atoms with Gasteiger partial charge >= 0.3 is 11.9 Å². The highest BCUT2D eigenvalue weighted by Gasteiger charge is 2.14. The van der Waals surface area contributed by atoms with Gasteiger partial charge in [-0.2, -0.15) is 10.5 Å². The quantitative estimate of drug-likeness (QED) is 0.105. The fourth-order valence-corrected chi connectivity index (χ4v) is 4.18. The van der Waals surface area contributed by atoms with E-state index in [0.29, 0.717) is 86.2 Å². The van der Waals surface area contributed by atoms with Gasteiger partial charge in [-0.15, -0.1) is 0 Å². The highest BCUT2D eigenvalue weighted by Crippen LogP contribution is 2.37. The highest BCUT2D eigenvalue weighted by molar-refractivity contribution is 6.31. The first kappa shape index (κ1) is 39.1. The number of para-hydroxylation sites is 2. The minimum atomic E-state index is -1.26. The second-order valence-electron chi connectivity index (χ2n) is 9.19. The maximum atomic E-state index is 11.0. The molecular formula is C35H29Cl2N3O9. The number of carbonyl (C=O) groups is 3. The molecule has 4 aromatic carbocycles. The molecule has 49 heavy (non-hydrogen) atoms. The van der Waals surface area contributed by atoms with Gasteiger partial charge in [-0.3, -0.25) is 4.79 Å². The van der Waals surface area contributed by atoms with Crippen LogP contribution in [0, 0.1) is 22.7 Å². The van der Waals surface area contributed by atoms with Crippen molar-refractivity contribution in [3.63, 3.8) is 0 Å². The number of carboxylic acid groups (broad SMARTS) is 2. The molecule has 14 heteroatoms. The van der Waals surface area contributed by atoms with E-state index < -0.39 is 11.9 Å². The molecule has 0 aliphatic heterocycles.